The van der Waals surface area contributed by atoms with Gasteiger partial charge in [0.1, 0.15) is 11.8 Å². The minimum absolute atomic E-state index is 0.0271. The molecule has 0 aromatic heterocycles. The lowest BCUT2D eigenvalue weighted by Crippen LogP contribution is -2.39. The maximum Gasteiger partial charge on any atom is 0.338 e. The van der Waals surface area contributed by atoms with Crippen molar-refractivity contribution in [3.8, 4) is 5.75 Å². The maximum atomic E-state index is 12.2. The van der Waals surface area contributed by atoms with Gasteiger partial charge in [-0.15, -0.1) is 0 Å². The number of anilines is 1. The van der Waals surface area contributed by atoms with E-state index in [-0.39, 0.29) is 12.4 Å². The molecule has 0 saturated carbocycles. The molecule has 1 aromatic carbocycles. The molecular formula is C16H19NO4. The third-order valence-electron chi connectivity index (χ3n) is 3.53. The molecule has 1 aliphatic heterocycles. The summed E-state index contributed by atoms with van der Waals surface area (Å²) in [5.41, 5.74) is 1.93. The van der Waals surface area contributed by atoms with Crippen LogP contribution in [-0.4, -0.2) is 38.6 Å². The Kier molecular flexibility index (Phi) is 4.31. The first-order chi connectivity index (χ1) is 9.99. The van der Waals surface area contributed by atoms with Crippen molar-refractivity contribution in [2.75, 3.05) is 25.7 Å². The Balaban J connectivity index is 2.57. The molecule has 0 radical (unpaired) electrons. The highest BCUT2D eigenvalue weighted by molar-refractivity contribution is 6.20. The second-order valence-electron chi connectivity index (χ2n) is 4.85. The van der Waals surface area contributed by atoms with E-state index < -0.39 is 12.0 Å². The van der Waals surface area contributed by atoms with Crippen LogP contribution < -0.4 is 9.64 Å². The summed E-state index contributed by atoms with van der Waals surface area (Å²) in [6.45, 7) is 3.55. The minimum Gasteiger partial charge on any atom is -0.497 e. The van der Waals surface area contributed by atoms with Crippen LogP contribution in [0.4, 0.5) is 5.69 Å². The van der Waals surface area contributed by atoms with Crippen LogP contribution in [0.25, 0.3) is 5.57 Å². The molecule has 0 amide bonds. The van der Waals surface area contributed by atoms with Crippen molar-refractivity contribution < 1.29 is 19.1 Å². The summed E-state index contributed by atoms with van der Waals surface area (Å²) in [5.74, 6) is 0.200. The number of rotatable bonds is 4. The van der Waals surface area contributed by atoms with Gasteiger partial charge >= 0.3 is 5.97 Å². The molecule has 1 aliphatic rings. The third kappa shape index (κ3) is 2.77. The van der Waals surface area contributed by atoms with Gasteiger partial charge in [0.2, 0.25) is 0 Å². The average molecular weight is 289 g/mol. The molecule has 1 aromatic rings. The number of hydrogen-bond donors (Lipinski definition) is 0. The Hall–Kier alpha value is -2.30. The number of esters is 1. The Morgan fingerprint density at radius 3 is 2.62 bits per heavy atom. The maximum absolute atomic E-state index is 12.2. The van der Waals surface area contributed by atoms with Gasteiger partial charge in [-0.25, -0.2) is 4.79 Å². The van der Waals surface area contributed by atoms with Gasteiger partial charge in [-0.2, -0.15) is 0 Å². The van der Waals surface area contributed by atoms with Gasteiger partial charge < -0.3 is 14.4 Å². The summed E-state index contributed by atoms with van der Waals surface area (Å²) >= 11 is 0. The average Bonchev–Trinajstić information content (AvgIpc) is 2.47. The summed E-state index contributed by atoms with van der Waals surface area (Å²) in [6.07, 6.45) is 1.65. The number of Topliss-reactive ketones (excluding diaryl/α,β-unsaturated/α-hetero) is 1. The predicted molar refractivity (Wildman–Crippen MR) is 80.5 cm³/mol. The summed E-state index contributed by atoms with van der Waals surface area (Å²) in [4.78, 5) is 25.8. The lowest BCUT2D eigenvalue weighted by molar-refractivity contribution is -0.136. The van der Waals surface area contributed by atoms with Crippen LogP contribution >= 0.6 is 0 Å². The van der Waals surface area contributed by atoms with Crippen molar-refractivity contribution in [2.24, 2.45) is 0 Å². The zero-order valence-corrected chi connectivity index (χ0v) is 12.7. The van der Waals surface area contributed by atoms with Crippen molar-refractivity contribution >= 4 is 23.0 Å². The number of benzene rings is 1. The Labute approximate surface area is 124 Å². The summed E-state index contributed by atoms with van der Waals surface area (Å²) in [5, 5.41) is 0. The first kappa shape index (κ1) is 15.1. The molecule has 21 heavy (non-hydrogen) atoms. The molecule has 0 fully saturated rings. The van der Waals surface area contributed by atoms with Gasteiger partial charge in [0.15, 0.2) is 5.78 Å². The SMILES string of the molecule is CCOC(=O)C1=CC(C(C)=O)N(C)c2ccc(OC)cc21. The van der Waals surface area contributed by atoms with Gasteiger partial charge in [-0.3, -0.25) is 4.79 Å². The van der Waals surface area contributed by atoms with Crippen LogP contribution in [0.5, 0.6) is 5.75 Å². The number of ether oxygens (including phenoxy) is 2. The number of likely N-dealkylation sites (N-methyl/N-ethyl adjacent to an activating group) is 1. The van der Waals surface area contributed by atoms with E-state index in [0.29, 0.717) is 16.9 Å². The van der Waals surface area contributed by atoms with Crippen molar-refractivity contribution in [2.45, 2.75) is 19.9 Å². The highest BCUT2D eigenvalue weighted by atomic mass is 16.5. The molecule has 0 N–H and O–H groups in total. The molecule has 2 rings (SSSR count). The fourth-order valence-corrected chi connectivity index (χ4v) is 2.45. The monoisotopic (exact) mass is 289 g/mol. The highest BCUT2D eigenvalue weighted by Gasteiger charge is 2.30. The molecule has 5 nitrogen and oxygen atoms in total. The Bertz CT molecular complexity index is 606. The lowest BCUT2D eigenvalue weighted by Gasteiger charge is -2.33. The predicted octanol–water partition coefficient (Wildman–Crippen LogP) is 2.05. The van der Waals surface area contributed by atoms with Gasteiger partial charge in [0.25, 0.3) is 0 Å². The summed E-state index contributed by atoms with van der Waals surface area (Å²) in [7, 11) is 3.40. The van der Waals surface area contributed by atoms with Crippen LogP contribution in [0.2, 0.25) is 0 Å². The molecular weight excluding hydrogens is 270 g/mol. The number of ketones is 1. The van der Waals surface area contributed by atoms with E-state index in [4.69, 9.17) is 9.47 Å². The normalized spacial score (nSPS) is 16.9. The van der Waals surface area contributed by atoms with Gasteiger partial charge in [-0.05, 0) is 38.1 Å². The lowest BCUT2D eigenvalue weighted by atomic mass is 9.93. The van der Waals surface area contributed by atoms with Gasteiger partial charge in [0.05, 0.1) is 19.3 Å². The molecule has 0 spiro atoms. The number of methoxy groups -OCH3 is 1. The number of carbonyl (C=O) groups is 2. The van der Waals surface area contributed by atoms with Crippen molar-refractivity contribution in [1.29, 1.82) is 0 Å². The number of hydrogen-bond acceptors (Lipinski definition) is 5. The smallest absolute Gasteiger partial charge is 0.338 e. The fraction of sp³-hybridized carbons (Fsp3) is 0.375. The Morgan fingerprint density at radius 1 is 1.33 bits per heavy atom. The van der Waals surface area contributed by atoms with E-state index in [9.17, 15) is 9.59 Å². The first-order valence-electron chi connectivity index (χ1n) is 6.80. The second kappa shape index (κ2) is 5.99. The van der Waals surface area contributed by atoms with E-state index in [1.54, 1.807) is 32.2 Å². The zero-order valence-electron chi connectivity index (χ0n) is 12.7. The topological polar surface area (TPSA) is 55.8 Å². The second-order valence-corrected chi connectivity index (χ2v) is 4.85. The van der Waals surface area contributed by atoms with Gasteiger partial charge in [-0.1, -0.05) is 0 Å². The number of carbonyl (C=O) groups excluding carboxylic acids is 2. The Morgan fingerprint density at radius 2 is 2.05 bits per heavy atom. The van der Waals surface area contributed by atoms with E-state index in [2.05, 4.69) is 0 Å². The van der Waals surface area contributed by atoms with Crippen LogP contribution in [0.1, 0.15) is 19.4 Å². The summed E-state index contributed by atoms with van der Waals surface area (Å²) in [6, 6.07) is 4.97. The number of fused-ring (bicyclic) bond motifs is 1. The van der Waals surface area contributed by atoms with E-state index >= 15 is 0 Å². The fourth-order valence-electron chi connectivity index (χ4n) is 2.45. The van der Waals surface area contributed by atoms with Crippen LogP contribution in [-0.2, 0) is 14.3 Å². The van der Waals surface area contributed by atoms with Gasteiger partial charge in [0, 0.05) is 18.3 Å². The van der Waals surface area contributed by atoms with Crippen LogP contribution in [0.3, 0.4) is 0 Å². The van der Waals surface area contributed by atoms with Crippen molar-refractivity contribution in [1.82, 2.24) is 0 Å². The molecule has 112 valence electrons. The summed E-state index contributed by atoms with van der Waals surface area (Å²) < 4.78 is 10.3. The standard InChI is InChI=1S/C16H19NO4/c1-5-21-16(19)13-9-15(10(2)18)17(3)14-7-6-11(20-4)8-12(13)14/h6-9,15H,5H2,1-4H3. The van der Waals surface area contributed by atoms with E-state index in [1.807, 2.05) is 18.0 Å². The third-order valence-corrected chi connectivity index (χ3v) is 3.53. The number of nitrogens with zero attached hydrogens (tertiary/aromatic N) is 1. The largest absolute Gasteiger partial charge is 0.497 e. The minimum atomic E-state index is -0.467. The molecule has 1 unspecified atom stereocenters. The van der Waals surface area contributed by atoms with Crippen molar-refractivity contribution in [3.63, 3.8) is 0 Å². The molecule has 5 heteroatoms. The van der Waals surface area contributed by atoms with Crippen LogP contribution in [0, 0.1) is 0 Å². The van der Waals surface area contributed by atoms with Crippen LogP contribution in [0.15, 0.2) is 24.3 Å². The molecule has 1 atom stereocenters. The molecule has 0 saturated heterocycles. The zero-order chi connectivity index (χ0) is 15.6. The van der Waals surface area contributed by atoms with E-state index in [0.717, 1.165) is 5.69 Å². The highest BCUT2D eigenvalue weighted by Crippen LogP contribution is 2.36. The molecule has 1 heterocycles. The molecule has 0 aliphatic carbocycles. The van der Waals surface area contributed by atoms with Crippen molar-refractivity contribution in [3.05, 3.63) is 29.8 Å². The first-order valence-corrected chi connectivity index (χ1v) is 6.80. The molecule has 0 bridgehead atoms. The van der Waals surface area contributed by atoms with E-state index in [1.165, 1.54) is 6.92 Å². The quantitative estimate of drug-likeness (QED) is 0.794.